The van der Waals surface area contributed by atoms with Crippen molar-refractivity contribution in [2.24, 2.45) is 0 Å². The van der Waals surface area contributed by atoms with Gasteiger partial charge in [-0.2, -0.15) is 5.10 Å². The van der Waals surface area contributed by atoms with Crippen molar-refractivity contribution >= 4 is 17.3 Å². The van der Waals surface area contributed by atoms with Crippen LogP contribution in [0, 0.1) is 0 Å². The lowest BCUT2D eigenvalue weighted by atomic mass is 9.82. The minimum atomic E-state index is -0.0959. The Morgan fingerprint density at radius 1 is 0.938 bits per heavy atom. The summed E-state index contributed by atoms with van der Waals surface area (Å²) < 4.78 is 1.74. The molecule has 7 heteroatoms. The number of hydrogen-bond donors (Lipinski definition) is 2. The van der Waals surface area contributed by atoms with Gasteiger partial charge in [0.1, 0.15) is 11.4 Å². The van der Waals surface area contributed by atoms with Crippen molar-refractivity contribution in [3.8, 4) is 22.8 Å². The molecule has 1 fully saturated rings. The maximum atomic E-state index is 12.1. The van der Waals surface area contributed by atoms with E-state index < -0.39 is 0 Å². The number of amides is 1. The second-order valence-corrected chi connectivity index (χ2v) is 8.67. The predicted octanol–water partition coefficient (Wildman–Crippen LogP) is 3.89. The van der Waals surface area contributed by atoms with Gasteiger partial charge in [0, 0.05) is 35.1 Å². The number of hydrogen-bond acceptors (Lipinski definition) is 5. The van der Waals surface area contributed by atoms with Gasteiger partial charge in [0.2, 0.25) is 0 Å². The number of anilines is 2. The molecule has 1 saturated carbocycles. The summed E-state index contributed by atoms with van der Waals surface area (Å²) >= 11 is 0. The molecule has 2 N–H and O–H groups in total. The minimum Gasteiger partial charge on any atom is -0.355 e. The summed E-state index contributed by atoms with van der Waals surface area (Å²) in [6.07, 6.45) is 4.08. The zero-order valence-electron chi connectivity index (χ0n) is 17.3. The van der Waals surface area contributed by atoms with E-state index in [2.05, 4.69) is 63.2 Å². The monoisotopic (exact) mass is 420 g/mol. The molecular formula is C25H20N6O. The van der Waals surface area contributed by atoms with E-state index in [4.69, 9.17) is 4.98 Å². The lowest BCUT2D eigenvalue weighted by Crippen LogP contribution is -2.35. The molecule has 7 nitrogen and oxygen atoms in total. The molecule has 4 aromatic rings. The third-order valence-electron chi connectivity index (χ3n) is 6.80. The Kier molecular flexibility index (Phi) is 3.45. The molecule has 7 rings (SSSR count). The van der Waals surface area contributed by atoms with Crippen LogP contribution < -0.4 is 10.6 Å². The highest BCUT2D eigenvalue weighted by atomic mass is 16.2. The maximum absolute atomic E-state index is 12.1. The molecule has 0 atom stereocenters. The van der Waals surface area contributed by atoms with Gasteiger partial charge in [0.25, 0.3) is 5.91 Å². The summed E-state index contributed by atoms with van der Waals surface area (Å²) in [5, 5.41) is 11.0. The van der Waals surface area contributed by atoms with Crippen molar-refractivity contribution in [1.82, 2.24) is 25.1 Å². The molecule has 2 aliphatic heterocycles. The van der Waals surface area contributed by atoms with Gasteiger partial charge in [-0.3, -0.25) is 9.48 Å². The van der Waals surface area contributed by atoms with Crippen LogP contribution in [0.15, 0.2) is 60.8 Å². The second kappa shape index (κ2) is 6.26. The van der Waals surface area contributed by atoms with Crippen LogP contribution in [-0.2, 0) is 12.0 Å². The molecule has 1 aliphatic carbocycles. The Labute approximate surface area is 184 Å². The van der Waals surface area contributed by atoms with Gasteiger partial charge < -0.3 is 10.6 Å². The molecule has 1 amide bonds. The Morgan fingerprint density at radius 2 is 1.81 bits per heavy atom. The van der Waals surface area contributed by atoms with Gasteiger partial charge >= 0.3 is 0 Å². The summed E-state index contributed by atoms with van der Waals surface area (Å²) in [7, 11) is 0. The molecule has 3 aliphatic rings. The number of aromatic nitrogens is 4. The fourth-order valence-corrected chi connectivity index (χ4v) is 5.05. The summed E-state index contributed by atoms with van der Waals surface area (Å²) in [6.45, 7) is 1.26. The molecule has 0 unspecified atom stereocenters. The third-order valence-corrected chi connectivity index (χ3v) is 6.80. The number of para-hydroxylation sites is 1. The van der Waals surface area contributed by atoms with Gasteiger partial charge in [-0.05, 0) is 60.4 Å². The first-order valence-corrected chi connectivity index (χ1v) is 10.9. The quantitative estimate of drug-likeness (QED) is 0.514. The SMILES string of the molecule is O=C1NCCn2nc(-c3ccnc(-c4ccc5c(c4)C4(CC4)c4ccccc4N5)n3)cc21. The largest absolute Gasteiger partial charge is 0.355 e. The molecule has 2 aromatic heterocycles. The van der Waals surface area contributed by atoms with E-state index in [0.717, 1.165) is 24.1 Å². The molecular weight excluding hydrogens is 400 g/mol. The van der Waals surface area contributed by atoms with Crippen molar-refractivity contribution in [1.29, 1.82) is 0 Å². The number of fused-ring (bicyclic) bond motifs is 5. The Balaban J connectivity index is 1.29. The van der Waals surface area contributed by atoms with Gasteiger partial charge in [0.05, 0.1) is 12.2 Å². The number of nitrogens with zero attached hydrogens (tertiary/aromatic N) is 4. The molecule has 32 heavy (non-hydrogen) atoms. The van der Waals surface area contributed by atoms with E-state index in [1.165, 1.54) is 16.8 Å². The first-order valence-electron chi connectivity index (χ1n) is 10.9. The van der Waals surface area contributed by atoms with Crippen molar-refractivity contribution in [3.63, 3.8) is 0 Å². The lowest BCUT2D eigenvalue weighted by Gasteiger charge is -2.30. The summed E-state index contributed by atoms with van der Waals surface area (Å²) in [5.41, 5.74) is 8.12. The summed E-state index contributed by atoms with van der Waals surface area (Å²) in [4.78, 5) is 21.5. The Bertz CT molecular complexity index is 1420. The molecule has 2 aromatic carbocycles. The smallest absolute Gasteiger partial charge is 0.269 e. The normalized spacial score (nSPS) is 17.1. The molecule has 0 saturated heterocycles. The van der Waals surface area contributed by atoms with Crippen molar-refractivity contribution in [2.75, 3.05) is 11.9 Å². The topological polar surface area (TPSA) is 84.7 Å². The van der Waals surface area contributed by atoms with Crippen LogP contribution in [-0.4, -0.2) is 32.2 Å². The molecule has 156 valence electrons. The average Bonchev–Trinajstić information content (AvgIpc) is 3.49. The summed E-state index contributed by atoms with van der Waals surface area (Å²) in [5.74, 6) is 0.567. The van der Waals surface area contributed by atoms with E-state index in [9.17, 15) is 4.79 Å². The van der Waals surface area contributed by atoms with Crippen LogP contribution >= 0.6 is 0 Å². The number of carbonyl (C=O) groups excluding carboxylic acids is 1. The standard InChI is InChI=1S/C25H20N6O/c32-24-22-14-21(30-31(22)12-11-27-24)20-7-10-26-23(29-20)15-5-6-19-17(13-15)25(8-9-25)16-3-1-2-4-18(16)28-19/h1-7,10,13-14,28H,8-9,11-12H2,(H,27,32). The first kappa shape index (κ1) is 17.7. The molecule has 0 bridgehead atoms. The molecule has 4 heterocycles. The van der Waals surface area contributed by atoms with Crippen molar-refractivity contribution in [3.05, 3.63) is 77.6 Å². The minimum absolute atomic E-state index is 0.0959. The fraction of sp³-hybridized carbons (Fsp3) is 0.200. The second-order valence-electron chi connectivity index (χ2n) is 8.67. The van der Waals surface area contributed by atoms with E-state index >= 15 is 0 Å². The first-order chi connectivity index (χ1) is 15.7. The zero-order valence-corrected chi connectivity index (χ0v) is 17.3. The van der Waals surface area contributed by atoms with Crippen LogP contribution in [0.4, 0.5) is 11.4 Å². The highest BCUT2D eigenvalue weighted by Gasteiger charge is 2.50. The van der Waals surface area contributed by atoms with Crippen LogP contribution in [0.5, 0.6) is 0 Å². The number of rotatable bonds is 2. The third kappa shape index (κ3) is 2.48. The van der Waals surface area contributed by atoms with Crippen LogP contribution in [0.3, 0.4) is 0 Å². The van der Waals surface area contributed by atoms with Gasteiger partial charge in [0.15, 0.2) is 5.82 Å². The summed E-state index contributed by atoms with van der Waals surface area (Å²) in [6, 6.07) is 18.7. The van der Waals surface area contributed by atoms with Crippen LogP contribution in [0.1, 0.15) is 34.5 Å². The van der Waals surface area contributed by atoms with Crippen molar-refractivity contribution < 1.29 is 4.79 Å². The van der Waals surface area contributed by atoms with Gasteiger partial charge in [-0.15, -0.1) is 0 Å². The average molecular weight is 420 g/mol. The van der Waals surface area contributed by atoms with E-state index in [-0.39, 0.29) is 11.3 Å². The highest BCUT2D eigenvalue weighted by molar-refractivity contribution is 5.94. The maximum Gasteiger partial charge on any atom is 0.269 e. The highest BCUT2D eigenvalue weighted by Crippen LogP contribution is 2.60. The zero-order chi connectivity index (χ0) is 21.3. The lowest BCUT2D eigenvalue weighted by molar-refractivity contribution is 0.0924. The Morgan fingerprint density at radius 3 is 2.69 bits per heavy atom. The molecule has 1 spiro atoms. The van der Waals surface area contributed by atoms with Crippen LogP contribution in [0.25, 0.3) is 22.8 Å². The predicted molar refractivity (Wildman–Crippen MR) is 121 cm³/mol. The fourth-order valence-electron chi connectivity index (χ4n) is 5.05. The number of benzene rings is 2. The van der Waals surface area contributed by atoms with Crippen molar-refractivity contribution in [2.45, 2.75) is 24.8 Å². The number of carbonyl (C=O) groups is 1. The van der Waals surface area contributed by atoms with Gasteiger partial charge in [-0.1, -0.05) is 18.2 Å². The van der Waals surface area contributed by atoms with E-state index in [1.807, 2.05) is 6.07 Å². The van der Waals surface area contributed by atoms with Gasteiger partial charge in [-0.25, -0.2) is 9.97 Å². The van der Waals surface area contributed by atoms with E-state index in [0.29, 0.717) is 36.0 Å². The number of nitrogens with one attached hydrogen (secondary N) is 2. The Hall–Kier alpha value is -4.00. The molecule has 0 radical (unpaired) electrons. The van der Waals surface area contributed by atoms with E-state index in [1.54, 1.807) is 16.9 Å². The van der Waals surface area contributed by atoms with Crippen LogP contribution in [0.2, 0.25) is 0 Å².